The summed E-state index contributed by atoms with van der Waals surface area (Å²) in [5.41, 5.74) is 2.21. The van der Waals surface area contributed by atoms with Crippen LogP contribution >= 0.6 is 15.9 Å². The molecule has 0 spiro atoms. The van der Waals surface area contributed by atoms with Gasteiger partial charge in [-0.2, -0.15) is 0 Å². The highest BCUT2D eigenvalue weighted by atomic mass is 79.9. The fourth-order valence-electron chi connectivity index (χ4n) is 3.61. The van der Waals surface area contributed by atoms with Gasteiger partial charge in [0.15, 0.2) is 5.69 Å². The Kier molecular flexibility index (Phi) is 7.00. The van der Waals surface area contributed by atoms with Gasteiger partial charge in [-0.3, -0.25) is 9.69 Å². The van der Waals surface area contributed by atoms with Crippen molar-refractivity contribution in [1.82, 2.24) is 14.8 Å². The third-order valence-corrected chi connectivity index (χ3v) is 5.92. The molecular formula is C24H21BrFN3O4. The number of nitrogens with zero attached hydrogens (tertiary/aromatic N) is 3. The van der Waals surface area contributed by atoms with Crippen molar-refractivity contribution in [3.63, 3.8) is 0 Å². The molecule has 1 N–H and O–H groups in total. The van der Waals surface area contributed by atoms with Gasteiger partial charge in [0.2, 0.25) is 11.8 Å². The van der Waals surface area contributed by atoms with Crippen molar-refractivity contribution in [2.45, 2.75) is 6.54 Å². The lowest BCUT2D eigenvalue weighted by molar-refractivity contribution is -0.127. The van der Waals surface area contributed by atoms with E-state index in [0.29, 0.717) is 38.6 Å². The number of halogens is 2. The smallest absolute Gasteiger partial charge is 0.357 e. The first-order chi connectivity index (χ1) is 15.9. The van der Waals surface area contributed by atoms with Crippen LogP contribution in [0.25, 0.3) is 5.57 Å². The van der Waals surface area contributed by atoms with Crippen molar-refractivity contribution in [3.05, 3.63) is 93.9 Å². The largest absolute Gasteiger partial charge is 0.476 e. The van der Waals surface area contributed by atoms with Crippen LogP contribution in [0, 0.1) is 5.82 Å². The lowest BCUT2D eigenvalue weighted by Gasteiger charge is -2.33. The van der Waals surface area contributed by atoms with Gasteiger partial charge >= 0.3 is 5.97 Å². The Bertz CT molecular complexity index is 1120. The number of oxazole rings is 1. The summed E-state index contributed by atoms with van der Waals surface area (Å²) in [4.78, 5) is 31.8. The fraction of sp³-hybridized carbons (Fsp3) is 0.208. The number of aromatic carboxylic acids is 1. The zero-order chi connectivity index (χ0) is 23.4. The van der Waals surface area contributed by atoms with Crippen molar-refractivity contribution in [1.29, 1.82) is 0 Å². The van der Waals surface area contributed by atoms with Gasteiger partial charge in [-0.25, -0.2) is 14.2 Å². The summed E-state index contributed by atoms with van der Waals surface area (Å²) >= 11 is 3.42. The first-order valence-electron chi connectivity index (χ1n) is 10.3. The maximum atomic E-state index is 13.4. The van der Waals surface area contributed by atoms with E-state index in [2.05, 4.69) is 25.8 Å². The number of carboxylic acid groups (broad SMARTS) is 1. The molecule has 0 atom stereocenters. The molecule has 9 heteroatoms. The molecule has 0 radical (unpaired) electrons. The van der Waals surface area contributed by atoms with Gasteiger partial charge in [-0.15, -0.1) is 0 Å². The molecule has 1 aliphatic heterocycles. The molecule has 3 aromatic rings. The number of benzene rings is 2. The summed E-state index contributed by atoms with van der Waals surface area (Å²) in [7, 11) is 0. The zero-order valence-electron chi connectivity index (χ0n) is 17.6. The second kappa shape index (κ2) is 10.1. The number of carbonyl (C=O) groups is 2. The molecule has 2 heterocycles. The molecule has 0 unspecified atom stereocenters. The summed E-state index contributed by atoms with van der Waals surface area (Å²) in [6.45, 7) is 2.62. The van der Waals surface area contributed by atoms with Crippen molar-refractivity contribution in [2.75, 3.05) is 26.2 Å². The van der Waals surface area contributed by atoms with E-state index in [1.54, 1.807) is 23.1 Å². The minimum atomic E-state index is -1.13. The summed E-state index contributed by atoms with van der Waals surface area (Å²) in [6.07, 6.45) is 2.72. The molecule has 1 aliphatic rings. The average Bonchev–Trinajstić information content (AvgIpc) is 3.28. The number of carboxylic acids is 1. The van der Waals surface area contributed by atoms with Crippen LogP contribution in [-0.4, -0.2) is 57.9 Å². The third-order valence-electron chi connectivity index (χ3n) is 5.39. The second-order valence-corrected chi connectivity index (χ2v) is 8.52. The average molecular weight is 514 g/mol. The van der Waals surface area contributed by atoms with Crippen LogP contribution < -0.4 is 0 Å². The molecular weight excluding hydrogens is 493 g/mol. The summed E-state index contributed by atoms with van der Waals surface area (Å²) in [5, 5.41) is 8.96. The van der Waals surface area contributed by atoms with Crippen LogP contribution in [0.2, 0.25) is 0 Å². The van der Waals surface area contributed by atoms with E-state index >= 15 is 0 Å². The molecule has 1 saturated heterocycles. The van der Waals surface area contributed by atoms with Gasteiger partial charge in [0.05, 0.1) is 6.54 Å². The van der Waals surface area contributed by atoms with Gasteiger partial charge in [0, 0.05) is 36.7 Å². The van der Waals surface area contributed by atoms with Crippen molar-refractivity contribution < 1.29 is 23.5 Å². The fourth-order valence-corrected chi connectivity index (χ4v) is 3.87. The predicted molar refractivity (Wildman–Crippen MR) is 123 cm³/mol. The second-order valence-electron chi connectivity index (χ2n) is 7.60. The minimum Gasteiger partial charge on any atom is -0.476 e. The molecule has 2 aromatic carbocycles. The maximum absolute atomic E-state index is 13.4. The number of aromatic nitrogens is 1. The van der Waals surface area contributed by atoms with Crippen LogP contribution in [-0.2, 0) is 11.3 Å². The van der Waals surface area contributed by atoms with E-state index in [1.165, 1.54) is 12.1 Å². The lowest BCUT2D eigenvalue weighted by atomic mass is 9.97. The number of piperazine rings is 1. The summed E-state index contributed by atoms with van der Waals surface area (Å²) in [6, 6.07) is 13.7. The highest BCUT2D eigenvalue weighted by Gasteiger charge is 2.22. The first kappa shape index (κ1) is 22.9. The van der Waals surface area contributed by atoms with Gasteiger partial charge in [-0.05, 0) is 41.0 Å². The Morgan fingerprint density at radius 3 is 2.21 bits per heavy atom. The van der Waals surface area contributed by atoms with Crippen LogP contribution in [0.3, 0.4) is 0 Å². The standard InChI is InChI=1S/C24H21BrFN3O4/c25-18-5-1-16(2-6-18)20(17-3-7-19(26)8-4-17)13-23(30)29-11-9-28(10-12-29)14-22-27-21(15-33-22)24(31)32/h1-8,13,15H,9-12,14H2,(H,31,32)/b20-13+. The van der Waals surface area contributed by atoms with Crippen LogP contribution in [0.4, 0.5) is 4.39 Å². The molecule has 0 saturated carbocycles. The zero-order valence-corrected chi connectivity index (χ0v) is 19.2. The molecule has 0 aliphatic carbocycles. The predicted octanol–water partition coefficient (Wildman–Crippen LogP) is 4.05. The van der Waals surface area contributed by atoms with Crippen LogP contribution in [0.1, 0.15) is 27.5 Å². The highest BCUT2D eigenvalue weighted by molar-refractivity contribution is 9.10. The number of hydrogen-bond donors (Lipinski definition) is 1. The number of amides is 1. The lowest BCUT2D eigenvalue weighted by Crippen LogP contribution is -2.47. The monoisotopic (exact) mass is 513 g/mol. The van der Waals surface area contributed by atoms with Gasteiger partial charge in [0.25, 0.3) is 0 Å². The van der Waals surface area contributed by atoms with E-state index < -0.39 is 5.97 Å². The van der Waals surface area contributed by atoms with Gasteiger partial charge < -0.3 is 14.4 Å². The minimum absolute atomic E-state index is 0.120. The molecule has 7 nitrogen and oxygen atoms in total. The normalized spacial score (nSPS) is 15.0. The number of rotatable bonds is 6. The maximum Gasteiger partial charge on any atom is 0.357 e. The Morgan fingerprint density at radius 1 is 1.03 bits per heavy atom. The molecule has 1 amide bonds. The Morgan fingerprint density at radius 2 is 1.64 bits per heavy atom. The Balaban J connectivity index is 1.46. The molecule has 1 aromatic heterocycles. The molecule has 4 rings (SSSR count). The number of carbonyl (C=O) groups excluding carboxylic acids is 1. The molecule has 33 heavy (non-hydrogen) atoms. The topological polar surface area (TPSA) is 86.9 Å². The van der Waals surface area contributed by atoms with E-state index in [-0.39, 0.29) is 17.4 Å². The van der Waals surface area contributed by atoms with E-state index in [4.69, 9.17) is 9.52 Å². The van der Waals surface area contributed by atoms with Crippen molar-refractivity contribution in [3.8, 4) is 0 Å². The molecule has 1 fully saturated rings. The Labute approximate surface area is 198 Å². The van der Waals surface area contributed by atoms with E-state index in [0.717, 1.165) is 27.4 Å². The molecule has 0 bridgehead atoms. The van der Waals surface area contributed by atoms with Crippen LogP contribution in [0.5, 0.6) is 0 Å². The van der Waals surface area contributed by atoms with Crippen molar-refractivity contribution in [2.24, 2.45) is 0 Å². The summed E-state index contributed by atoms with van der Waals surface area (Å²) < 4.78 is 19.6. The molecule has 170 valence electrons. The van der Waals surface area contributed by atoms with E-state index in [1.807, 2.05) is 24.3 Å². The Hall–Kier alpha value is -3.30. The van der Waals surface area contributed by atoms with Gasteiger partial charge in [-0.1, -0.05) is 40.2 Å². The third kappa shape index (κ3) is 5.74. The number of hydrogen-bond acceptors (Lipinski definition) is 5. The highest BCUT2D eigenvalue weighted by Crippen LogP contribution is 2.26. The van der Waals surface area contributed by atoms with Gasteiger partial charge in [0.1, 0.15) is 12.1 Å². The van der Waals surface area contributed by atoms with Crippen molar-refractivity contribution >= 4 is 33.4 Å². The first-order valence-corrected chi connectivity index (χ1v) is 11.1. The summed E-state index contributed by atoms with van der Waals surface area (Å²) in [5.74, 6) is -1.25. The SMILES string of the molecule is O=C(O)c1coc(CN2CCN(C(=O)/C=C(/c3ccc(F)cc3)c3ccc(Br)cc3)CC2)n1. The van der Waals surface area contributed by atoms with E-state index in [9.17, 15) is 14.0 Å². The quantitative estimate of drug-likeness (QED) is 0.500. The van der Waals surface area contributed by atoms with Crippen LogP contribution in [0.15, 0.2) is 69.8 Å².